The number of rotatable bonds is 43. The van der Waals surface area contributed by atoms with Crippen molar-refractivity contribution in [3.63, 3.8) is 0 Å². The molecule has 426 valence electrons. The van der Waals surface area contributed by atoms with Crippen LogP contribution in [-0.2, 0) is 58.5 Å². The fourth-order valence-electron chi connectivity index (χ4n) is 5.86. The van der Waals surface area contributed by atoms with Crippen molar-refractivity contribution in [2.75, 3.05) is 150 Å². The van der Waals surface area contributed by atoms with Crippen molar-refractivity contribution in [3.8, 4) is 11.5 Å². The number of ether oxygens (including phenoxy) is 11. The largest absolute Gasteiger partial charge is 0.491 e. The number of benzene rings is 2. The number of fused-ring (bicyclic) bond motifs is 1. The van der Waals surface area contributed by atoms with E-state index in [1.54, 1.807) is 18.0 Å². The molecule has 4 aromatic rings. The number of para-hydroxylation sites is 1. The number of hydrazone groups is 1. The predicted molar refractivity (Wildman–Crippen MR) is 280 cm³/mol. The molecule has 0 bridgehead atoms. The van der Waals surface area contributed by atoms with Crippen LogP contribution in [0.4, 0.5) is 19.0 Å². The monoisotopic (exact) mass is 1140 g/mol. The van der Waals surface area contributed by atoms with Gasteiger partial charge in [-0.15, -0.1) is 0 Å². The third-order valence-electron chi connectivity index (χ3n) is 9.51. The van der Waals surface area contributed by atoms with Crippen molar-refractivity contribution in [1.82, 2.24) is 19.7 Å². The van der Waals surface area contributed by atoms with E-state index in [-0.39, 0.29) is 58.9 Å². The van der Waals surface area contributed by atoms with E-state index in [1.165, 1.54) is 6.21 Å². The van der Waals surface area contributed by atoms with Crippen LogP contribution in [0.25, 0.3) is 11.0 Å². The topological polar surface area (TPSA) is 275 Å². The summed E-state index contributed by atoms with van der Waals surface area (Å²) < 4.78 is 106. The minimum Gasteiger partial charge on any atom is -0.491 e. The lowest BCUT2D eigenvalue weighted by molar-refractivity contribution is -0.136. The van der Waals surface area contributed by atoms with Crippen molar-refractivity contribution in [2.24, 2.45) is 15.9 Å². The maximum Gasteiger partial charge on any atom is 0.313 e. The number of halogens is 4. The average molecular weight is 1140 g/mol. The molecule has 0 spiro atoms. The highest BCUT2D eigenvalue weighted by atomic mass is 35.5. The summed E-state index contributed by atoms with van der Waals surface area (Å²) in [7, 11) is -0.240. The van der Waals surface area contributed by atoms with Crippen molar-refractivity contribution in [2.45, 2.75) is 32.4 Å². The number of esters is 1. The van der Waals surface area contributed by atoms with Crippen LogP contribution in [0.5, 0.6) is 11.5 Å². The number of nitrogens with two attached hydrogens (primary N) is 1. The van der Waals surface area contributed by atoms with E-state index in [4.69, 9.17) is 79.1 Å². The smallest absolute Gasteiger partial charge is 0.313 e. The molecule has 0 aliphatic rings. The molecule has 76 heavy (non-hydrogen) atoms. The molecule has 29 heteroatoms. The van der Waals surface area contributed by atoms with Crippen molar-refractivity contribution < 1.29 is 84.4 Å². The predicted octanol–water partition coefficient (Wildman–Crippen LogP) is 5.18. The SMILES string of the molecule is CCNc1nc(Cl)nc2c1cnn2CCC(COPCP(O)O)OC.N/N=C(\C=NCCOCCOCCOCCOCCC(=O)Oc1c(F)cc(F)cc1F)COCCOCCOCCOCCOc1ccccc1. The summed E-state index contributed by atoms with van der Waals surface area (Å²) in [6, 6.07) is 10.4. The molecule has 2 unspecified atom stereocenters. The number of nitrogens with one attached hydrogen (secondary N) is 1. The summed E-state index contributed by atoms with van der Waals surface area (Å²) >= 11 is 6.00. The summed E-state index contributed by atoms with van der Waals surface area (Å²) in [5.74, 6) is 1.55. The number of hydrogen-bond donors (Lipinski definition) is 4. The first-order valence-corrected chi connectivity index (χ1v) is 27.0. The van der Waals surface area contributed by atoms with Gasteiger partial charge in [0.2, 0.25) is 11.0 Å². The Hall–Kier alpha value is -4.34. The van der Waals surface area contributed by atoms with Crippen LogP contribution in [0.15, 0.2) is 58.8 Å². The fraction of sp³-hybridized carbons (Fsp3) is 0.574. The van der Waals surface area contributed by atoms with Crippen LogP contribution < -0.4 is 20.6 Å². The van der Waals surface area contributed by atoms with Crippen molar-refractivity contribution >= 4 is 63.5 Å². The fourth-order valence-corrected chi connectivity index (χ4v) is 7.16. The quantitative estimate of drug-likeness (QED) is 0.00650. The molecule has 0 aliphatic carbocycles. The van der Waals surface area contributed by atoms with Gasteiger partial charge in [0.25, 0.3) is 0 Å². The number of aryl methyl sites for hydroxylation is 1. The molecular weight excluding hydrogens is 1070 g/mol. The summed E-state index contributed by atoms with van der Waals surface area (Å²) in [6.45, 7) is 10.1. The number of carbonyl (C=O) groups excluding carboxylic acids is 1. The molecule has 2 aromatic heterocycles. The third kappa shape index (κ3) is 30.6. The van der Waals surface area contributed by atoms with E-state index in [0.717, 1.165) is 17.7 Å². The Bertz CT molecular complexity index is 2200. The molecule has 0 saturated carbocycles. The number of methoxy groups -OCH3 is 1. The first kappa shape index (κ1) is 65.9. The molecule has 5 N–H and O–H groups in total. The Morgan fingerprint density at radius 3 is 2.00 bits per heavy atom. The highest BCUT2D eigenvalue weighted by molar-refractivity contribution is 7.58. The normalized spacial score (nSPS) is 12.3. The molecule has 0 amide bonds. The van der Waals surface area contributed by atoms with Gasteiger partial charge in [-0.1, -0.05) is 18.2 Å². The van der Waals surface area contributed by atoms with Crippen LogP contribution in [0, 0.1) is 17.5 Å². The van der Waals surface area contributed by atoms with Crippen LogP contribution in [-0.4, -0.2) is 199 Å². The van der Waals surface area contributed by atoms with E-state index in [0.29, 0.717) is 141 Å². The summed E-state index contributed by atoms with van der Waals surface area (Å²) in [6.07, 6.45) is 3.55. The molecule has 2 aromatic carbocycles. The highest BCUT2D eigenvalue weighted by Crippen LogP contribution is 2.33. The number of anilines is 1. The number of carbonyl (C=O) groups is 1. The van der Waals surface area contributed by atoms with E-state index in [1.807, 2.05) is 37.3 Å². The Labute approximate surface area is 447 Å². The van der Waals surface area contributed by atoms with Gasteiger partial charge in [0.15, 0.2) is 25.7 Å². The lowest BCUT2D eigenvalue weighted by atomic mass is 10.2. The van der Waals surface area contributed by atoms with Gasteiger partial charge in [0.05, 0.1) is 149 Å². The van der Waals surface area contributed by atoms with Gasteiger partial charge in [-0.05, 0) is 37.1 Å². The van der Waals surface area contributed by atoms with E-state index in [9.17, 15) is 18.0 Å². The molecule has 23 nitrogen and oxygen atoms in total. The lowest BCUT2D eigenvalue weighted by Gasteiger charge is -2.15. The third-order valence-corrected chi connectivity index (χ3v) is 11.7. The number of hydrogen-bond acceptors (Lipinski definition) is 22. The zero-order valence-electron chi connectivity index (χ0n) is 42.7. The molecule has 0 saturated heterocycles. The van der Waals surface area contributed by atoms with Gasteiger partial charge in [0, 0.05) is 47.4 Å². The first-order chi connectivity index (χ1) is 37.0. The summed E-state index contributed by atoms with van der Waals surface area (Å²) in [4.78, 5) is 42.1. The number of nitrogens with zero attached hydrogens (tertiary/aromatic N) is 6. The second kappa shape index (κ2) is 42.7. The standard InChI is InChI=1S/C34H48F3N3O11.C13H22ClN5O4P2/c35-28-24-31(36)34(32(37)25-28)51-33(41)6-8-42-10-12-44-14-15-45-13-11-43-9-7-39-26-29(40-38)27-49-21-20-47-17-16-46-18-19-48-22-23-50-30-4-2-1-3-5-30;1-3-15-11-10-6-16-19(12(10)18-13(14)17-11)5-4-9(22-2)7-23-24-8-25(20)21/h1-5,24-26H,6-23,27,38H2;6,9,20-21,24H,3-5,7-8H2,1-2H3,(H,15,17,18)/b39-26?,40-29+;. The van der Waals surface area contributed by atoms with Crippen molar-refractivity contribution in [3.05, 3.63) is 71.4 Å². The Kier molecular flexibility index (Phi) is 37.0. The van der Waals surface area contributed by atoms with E-state index < -0.39 is 37.5 Å². The molecular formula is C47H70ClF3N8O15P2. The van der Waals surface area contributed by atoms with Gasteiger partial charge in [-0.25, -0.2) is 17.9 Å². The molecule has 0 fully saturated rings. The molecule has 4 rings (SSSR count). The van der Waals surface area contributed by atoms with E-state index >= 15 is 0 Å². The molecule has 0 aliphatic heterocycles. The Morgan fingerprint density at radius 2 is 1.42 bits per heavy atom. The van der Waals surface area contributed by atoms with Crippen LogP contribution in [0.2, 0.25) is 5.28 Å². The zero-order chi connectivity index (χ0) is 54.9. The van der Waals surface area contributed by atoms with Crippen LogP contribution in [0.1, 0.15) is 19.8 Å². The summed E-state index contributed by atoms with van der Waals surface area (Å²) in [5, 5.41) is 12.2. The van der Waals surface area contributed by atoms with E-state index in [2.05, 4.69) is 35.2 Å². The Morgan fingerprint density at radius 1 is 0.842 bits per heavy atom. The average Bonchev–Trinajstić information content (AvgIpc) is 3.81. The number of aliphatic imine (C=N–C) groups is 1. The van der Waals surface area contributed by atoms with Crippen molar-refractivity contribution in [1.29, 1.82) is 0 Å². The lowest BCUT2D eigenvalue weighted by Crippen LogP contribution is -2.19. The first-order valence-electron chi connectivity index (χ1n) is 24.1. The minimum atomic E-state index is -1.90. The molecule has 2 heterocycles. The zero-order valence-corrected chi connectivity index (χ0v) is 45.3. The molecule has 2 atom stereocenters. The highest BCUT2D eigenvalue weighted by Gasteiger charge is 2.17. The second-order valence-electron chi connectivity index (χ2n) is 15.2. The van der Waals surface area contributed by atoms with Crippen LogP contribution >= 0.6 is 28.8 Å². The van der Waals surface area contributed by atoms with Gasteiger partial charge >= 0.3 is 5.97 Å². The second-order valence-corrected chi connectivity index (χ2v) is 18.1. The van der Waals surface area contributed by atoms with Gasteiger partial charge < -0.3 is 77.6 Å². The number of aromatic nitrogens is 4. The van der Waals surface area contributed by atoms with Crippen LogP contribution in [0.3, 0.4) is 0 Å². The van der Waals surface area contributed by atoms with Gasteiger partial charge in [-0.3, -0.25) is 9.79 Å². The van der Waals surface area contributed by atoms with Gasteiger partial charge in [0.1, 0.15) is 29.7 Å². The maximum atomic E-state index is 13.5. The summed E-state index contributed by atoms with van der Waals surface area (Å²) in [5.41, 5.74) is 1.15. The van der Waals surface area contributed by atoms with Gasteiger partial charge in [-0.2, -0.15) is 20.2 Å². The Balaban J connectivity index is 0.000000505. The minimum absolute atomic E-state index is 0.0446. The molecule has 0 radical (unpaired) electrons. The maximum absolute atomic E-state index is 13.5.